The number of benzene rings is 1. The third-order valence-corrected chi connectivity index (χ3v) is 5.50. The summed E-state index contributed by atoms with van der Waals surface area (Å²) in [6, 6.07) is 11.3. The first-order chi connectivity index (χ1) is 16.5. The predicted molar refractivity (Wildman–Crippen MR) is 126 cm³/mol. The van der Waals surface area contributed by atoms with Crippen molar-refractivity contribution in [2.75, 3.05) is 36.6 Å². The predicted octanol–water partition coefficient (Wildman–Crippen LogP) is 3.07. The SMILES string of the molecule is CC(C(=O)O)c1ccc(Cc2ccc(/C=N/Nc3ncc(F)c(N4CCOCC4)n3)nc2)cc1. The first-order valence-electron chi connectivity index (χ1n) is 10.9. The number of carboxylic acids is 1. The number of aliphatic carboxylic acids is 1. The standard InChI is InChI=1S/C24H25FN6O3/c1-16(23(32)33)19-5-2-17(3-6-19)12-18-4-7-20(26-13-18)14-28-30-24-27-15-21(25)22(29-24)31-8-10-34-11-9-31/h2-7,13-16H,8-12H2,1H3,(H,32,33)(H,27,29,30)/b28-14+. The van der Waals surface area contributed by atoms with Crippen molar-refractivity contribution in [3.05, 3.63) is 77.0 Å². The highest BCUT2D eigenvalue weighted by Gasteiger charge is 2.17. The second-order valence-corrected chi connectivity index (χ2v) is 7.90. The smallest absolute Gasteiger partial charge is 0.310 e. The molecule has 3 heterocycles. The molecule has 0 saturated carbocycles. The highest BCUT2D eigenvalue weighted by atomic mass is 19.1. The highest BCUT2D eigenvalue weighted by molar-refractivity contribution is 5.77. The molecule has 0 aliphatic carbocycles. The molecule has 1 unspecified atom stereocenters. The Kier molecular flexibility index (Phi) is 7.38. The number of ether oxygens (including phenoxy) is 1. The number of carboxylic acid groups (broad SMARTS) is 1. The Labute approximate surface area is 196 Å². The molecule has 0 radical (unpaired) electrons. The van der Waals surface area contributed by atoms with Gasteiger partial charge in [-0.15, -0.1) is 0 Å². The van der Waals surface area contributed by atoms with E-state index in [9.17, 15) is 9.18 Å². The van der Waals surface area contributed by atoms with Gasteiger partial charge in [-0.2, -0.15) is 10.1 Å². The summed E-state index contributed by atoms with van der Waals surface area (Å²) in [4.78, 5) is 25.5. The molecule has 1 saturated heterocycles. The van der Waals surface area contributed by atoms with Crippen LogP contribution in [0.2, 0.25) is 0 Å². The summed E-state index contributed by atoms with van der Waals surface area (Å²) < 4.78 is 19.4. The number of morpholine rings is 1. The Hall–Kier alpha value is -3.92. The number of hydrogen-bond donors (Lipinski definition) is 2. The van der Waals surface area contributed by atoms with Crippen LogP contribution in [0, 0.1) is 5.82 Å². The molecule has 9 nitrogen and oxygen atoms in total. The van der Waals surface area contributed by atoms with Gasteiger partial charge >= 0.3 is 5.97 Å². The molecule has 1 aliphatic heterocycles. The number of hydrazone groups is 1. The van der Waals surface area contributed by atoms with Crippen LogP contribution < -0.4 is 10.3 Å². The van der Waals surface area contributed by atoms with Gasteiger partial charge in [-0.25, -0.2) is 14.8 Å². The van der Waals surface area contributed by atoms with Crippen LogP contribution in [0.1, 0.15) is 35.2 Å². The normalized spacial score (nSPS) is 14.8. The summed E-state index contributed by atoms with van der Waals surface area (Å²) >= 11 is 0. The quantitative estimate of drug-likeness (QED) is 0.386. The van der Waals surface area contributed by atoms with Gasteiger partial charge in [0.15, 0.2) is 11.6 Å². The van der Waals surface area contributed by atoms with Crippen molar-refractivity contribution in [2.45, 2.75) is 19.3 Å². The number of nitrogens with zero attached hydrogens (tertiary/aromatic N) is 5. The fourth-order valence-electron chi connectivity index (χ4n) is 3.48. The molecule has 0 amide bonds. The number of aromatic nitrogens is 3. The molecule has 10 heteroatoms. The molecule has 1 aromatic carbocycles. The van der Waals surface area contributed by atoms with Gasteiger partial charge in [0.05, 0.1) is 37.2 Å². The largest absolute Gasteiger partial charge is 0.481 e. The summed E-state index contributed by atoms with van der Waals surface area (Å²) in [6.07, 6.45) is 5.10. The Morgan fingerprint density at radius 3 is 2.59 bits per heavy atom. The zero-order valence-corrected chi connectivity index (χ0v) is 18.7. The molecule has 0 spiro atoms. The molecule has 1 aliphatic rings. The van der Waals surface area contributed by atoms with Gasteiger partial charge < -0.3 is 14.7 Å². The fourth-order valence-corrected chi connectivity index (χ4v) is 3.48. The molecule has 4 rings (SSSR count). The minimum absolute atomic E-state index is 0.191. The Balaban J connectivity index is 1.34. The number of carbonyl (C=O) groups is 1. The van der Waals surface area contributed by atoms with E-state index in [0.717, 1.165) is 22.9 Å². The maximum Gasteiger partial charge on any atom is 0.310 e. The Morgan fingerprint density at radius 2 is 1.91 bits per heavy atom. The van der Waals surface area contributed by atoms with Crippen LogP contribution in [0.4, 0.5) is 16.2 Å². The summed E-state index contributed by atoms with van der Waals surface area (Å²) in [6.45, 7) is 3.86. The molecule has 2 N–H and O–H groups in total. The van der Waals surface area contributed by atoms with Gasteiger partial charge in [-0.3, -0.25) is 9.78 Å². The average molecular weight is 465 g/mol. The maximum atomic E-state index is 14.1. The fraction of sp³-hybridized carbons (Fsp3) is 0.292. The van der Waals surface area contributed by atoms with Gasteiger partial charge in [-0.1, -0.05) is 30.3 Å². The number of nitrogens with one attached hydrogen (secondary N) is 1. The van der Waals surface area contributed by atoms with Crippen molar-refractivity contribution in [1.29, 1.82) is 0 Å². The van der Waals surface area contributed by atoms with E-state index in [1.807, 2.05) is 41.3 Å². The van der Waals surface area contributed by atoms with Crippen LogP contribution in [-0.2, 0) is 16.0 Å². The molecular weight excluding hydrogens is 439 g/mol. The molecule has 2 aromatic heterocycles. The number of rotatable bonds is 8. The summed E-state index contributed by atoms with van der Waals surface area (Å²) in [5, 5.41) is 13.2. The monoisotopic (exact) mass is 464 g/mol. The third-order valence-electron chi connectivity index (χ3n) is 5.50. The lowest BCUT2D eigenvalue weighted by molar-refractivity contribution is -0.138. The lowest BCUT2D eigenvalue weighted by Crippen LogP contribution is -2.37. The zero-order chi connectivity index (χ0) is 23.9. The van der Waals surface area contributed by atoms with E-state index in [-0.39, 0.29) is 11.8 Å². The number of anilines is 2. The Morgan fingerprint density at radius 1 is 1.18 bits per heavy atom. The van der Waals surface area contributed by atoms with Crippen molar-refractivity contribution < 1.29 is 19.0 Å². The van der Waals surface area contributed by atoms with Gasteiger partial charge in [0.25, 0.3) is 0 Å². The van der Waals surface area contributed by atoms with Crippen LogP contribution in [0.5, 0.6) is 0 Å². The van der Waals surface area contributed by atoms with Crippen molar-refractivity contribution in [3.8, 4) is 0 Å². The molecular formula is C24H25FN6O3. The van der Waals surface area contributed by atoms with E-state index < -0.39 is 17.7 Å². The highest BCUT2D eigenvalue weighted by Crippen LogP contribution is 2.19. The number of halogens is 1. The molecule has 0 bridgehead atoms. The topological polar surface area (TPSA) is 113 Å². The van der Waals surface area contributed by atoms with Crippen molar-refractivity contribution in [1.82, 2.24) is 15.0 Å². The lowest BCUT2D eigenvalue weighted by atomic mass is 9.98. The van der Waals surface area contributed by atoms with E-state index in [1.165, 1.54) is 6.21 Å². The molecule has 1 atom stereocenters. The van der Waals surface area contributed by atoms with E-state index in [1.54, 1.807) is 13.1 Å². The molecule has 1 fully saturated rings. The maximum absolute atomic E-state index is 14.1. The molecule has 3 aromatic rings. The van der Waals surface area contributed by atoms with Gasteiger partial charge in [0.2, 0.25) is 5.95 Å². The van der Waals surface area contributed by atoms with Gasteiger partial charge in [-0.05, 0) is 36.1 Å². The van der Waals surface area contributed by atoms with Crippen molar-refractivity contribution >= 4 is 24.0 Å². The lowest BCUT2D eigenvalue weighted by Gasteiger charge is -2.27. The van der Waals surface area contributed by atoms with E-state index in [2.05, 4.69) is 25.5 Å². The summed E-state index contributed by atoms with van der Waals surface area (Å²) in [5.74, 6) is -1.44. The van der Waals surface area contributed by atoms with E-state index in [0.29, 0.717) is 38.4 Å². The average Bonchev–Trinajstić information content (AvgIpc) is 2.86. The van der Waals surface area contributed by atoms with Crippen LogP contribution in [0.25, 0.3) is 0 Å². The van der Waals surface area contributed by atoms with E-state index >= 15 is 0 Å². The zero-order valence-electron chi connectivity index (χ0n) is 18.7. The van der Waals surface area contributed by atoms with Crippen LogP contribution in [0.3, 0.4) is 0 Å². The first-order valence-corrected chi connectivity index (χ1v) is 10.9. The summed E-state index contributed by atoms with van der Waals surface area (Å²) in [7, 11) is 0. The Bertz CT molecular complexity index is 1150. The minimum atomic E-state index is -0.841. The first kappa shape index (κ1) is 23.2. The van der Waals surface area contributed by atoms with Crippen molar-refractivity contribution in [3.63, 3.8) is 0 Å². The summed E-state index contributed by atoms with van der Waals surface area (Å²) in [5.41, 5.74) is 6.21. The molecule has 34 heavy (non-hydrogen) atoms. The van der Waals surface area contributed by atoms with Crippen molar-refractivity contribution in [2.24, 2.45) is 5.10 Å². The second kappa shape index (κ2) is 10.8. The van der Waals surface area contributed by atoms with Gasteiger partial charge in [0, 0.05) is 19.3 Å². The third kappa shape index (κ3) is 5.90. The van der Waals surface area contributed by atoms with Crippen LogP contribution in [-0.4, -0.2) is 58.5 Å². The van der Waals surface area contributed by atoms with Gasteiger partial charge in [0.1, 0.15) is 0 Å². The second-order valence-electron chi connectivity index (χ2n) is 7.90. The van der Waals surface area contributed by atoms with E-state index in [4.69, 9.17) is 9.84 Å². The van der Waals surface area contributed by atoms with Crippen LogP contribution >= 0.6 is 0 Å². The minimum Gasteiger partial charge on any atom is -0.481 e. The molecule has 176 valence electrons. The van der Waals surface area contributed by atoms with Crippen LogP contribution in [0.15, 0.2) is 53.9 Å². The number of hydrogen-bond acceptors (Lipinski definition) is 8. The number of pyridine rings is 1.